The van der Waals surface area contributed by atoms with E-state index in [2.05, 4.69) is 25.3 Å². The number of halogens is 2. The van der Waals surface area contributed by atoms with Crippen LogP contribution in [0, 0.1) is 19.7 Å². The van der Waals surface area contributed by atoms with Crippen LogP contribution in [-0.4, -0.2) is 53.5 Å². The summed E-state index contributed by atoms with van der Waals surface area (Å²) in [5.74, 6) is -0.249. The fourth-order valence-electron chi connectivity index (χ4n) is 3.99. The fourth-order valence-corrected chi connectivity index (χ4v) is 4.26. The van der Waals surface area contributed by atoms with E-state index in [1.54, 1.807) is 6.20 Å². The molecule has 0 amide bonds. The number of hydrogen-bond donors (Lipinski definition) is 2. The van der Waals surface area contributed by atoms with Gasteiger partial charge in [-0.05, 0) is 32.0 Å². The molecule has 1 aliphatic heterocycles. The third-order valence-electron chi connectivity index (χ3n) is 5.95. The number of aromatic nitrogens is 5. The lowest BCUT2D eigenvalue weighted by Gasteiger charge is -2.35. The predicted molar refractivity (Wildman–Crippen MR) is 121 cm³/mol. The van der Waals surface area contributed by atoms with Crippen LogP contribution in [0.25, 0.3) is 16.7 Å². The molecule has 166 valence electrons. The molecule has 0 spiro atoms. The van der Waals surface area contributed by atoms with Crippen molar-refractivity contribution in [2.45, 2.75) is 26.5 Å². The van der Waals surface area contributed by atoms with Crippen LogP contribution in [-0.2, 0) is 13.6 Å². The Kier molecular flexibility index (Phi) is 5.11. The van der Waals surface area contributed by atoms with E-state index in [1.807, 2.05) is 43.7 Å². The standard InChI is InChI=1S/C22H23ClFN7O/c1-12-14(8-30-10-16(32)11-30)9-31(28-12)21-18(24)7-25-22(27-21)26-15-4-5-19-17(6-15)20(23)13(2)29(19)3/h4-7,9,16,32H,8,10-11H2,1-3H3,(H,25,26,27). The normalized spacial score (nSPS) is 14.8. The zero-order valence-electron chi connectivity index (χ0n) is 18.0. The van der Waals surface area contributed by atoms with Crippen molar-refractivity contribution in [2.75, 3.05) is 18.4 Å². The first kappa shape index (κ1) is 20.9. The number of benzene rings is 1. The Morgan fingerprint density at radius 2 is 2.06 bits per heavy atom. The second-order valence-corrected chi connectivity index (χ2v) is 8.59. The van der Waals surface area contributed by atoms with Crippen LogP contribution in [0.5, 0.6) is 0 Å². The molecular formula is C22H23ClFN7O. The van der Waals surface area contributed by atoms with Gasteiger partial charge >= 0.3 is 0 Å². The van der Waals surface area contributed by atoms with Gasteiger partial charge in [0, 0.05) is 60.7 Å². The maximum atomic E-state index is 14.6. The molecule has 0 saturated carbocycles. The Morgan fingerprint density at radius 3 is 2.81 bits per heavy atom. The summed E-state index contributed by atoms with van der Waals surface area (Å²) >= 11 is 6.47. The highest BCUT2D eigenvalue weighted by Gasteiger charge is 2.25. The maximum absolute atomic E-state index is 14.6. The van der Waals surface area contributed by atoms with Gasteiger partial charge in [-0.2, -0.15) is 10.1 Å². The van der Waals surface area contributed by atoms with Crippen LogP contribution in [0.4, 0.5) is 16.0 Å². The van der Waals surface area contributed by atoms with Gasteiger partial charge in [-0.3, -0.25) is 4.90 Å². The average molecular weight is 456 g/mol. The third-order valence-corrected chi connectivity index (χ3v) is 6.42. The zero-order valence-corrected chi connectivity index (χ0v) is 18.7. The van der Waals surface area contributed by atoms with Gasteiger partial charge in [-0.25, -0.2) is 14.1 Å². The number of likely N-dealkylation sites (tertiary alicyclic amines) is 1. The van der Waals surface area contributed by atoms with Gasteiger partial charge < -0.3 is 15.0 Å². The molecule has 3 aromatic heterocycles. The van der Waals surface area contributed by atoms with E-state index in [0.29, 0.717) is 24.7 Å². The van der Waals surface area contributed by atoms with E-state index in [0.717, 1.165) is 39.7 Å². The molecule has 1 fully saturated rings. The minimum Gasteiger partial charge on any atom is -0.390 e. The first-order valence-corrected chi connectivity index (χ1v) is 10.7. The van der Waals surface area contributed by atoms with Crippen LogP contribution < -0.4 is 5.32 Å². The van der Waals surface area contributed by atoms with Crippen LogP contribution in [0.2, 0.25) is 5.02 Å². The summed E-state index contributed by atoms with van der Waals surface area (Å²) in [4.78, 5) is 10.5. The molecule has 0 radical (unpaired) electrons. The molecule has 2 N–H and O–H groups in total. The highest BCUT2D eigenvalue weighted by Crippen LogP contribution is 2.32. The largest absolute Gasteiger partial charge is 0.390 e. The minimum absolute atomic E-state index is 0.0650. The van der Waals surface area contributed by atoms with Crippen molar-refractivity contribution in [3.63, 3.8) is 0 Å². The van der Waals surface area contributed by atoms with E-state index in [9.17, 15) is 9.50 Å². The smallest absolute Gasteiger partial charge is 0.229 e. The Labute approximate surface area is 189 Å². The highest BCUT2D eigenvalue weighted by molar-refractivity contribution is 6.36. The lowest BCUT2D eigenvalue weighted by Crippen LogP contribution is -2.49. The van der Waals surface area contributed by atoms with E-state index in [4.69, 9.17) is 11.6 Å². The molecule has 1 aliphatic rings. The second-order valence-electron chi connectivity index (χ2n) is 8.21. The summed E-state index contributed by atoms with van der Waals surface area (Å²) in [5, 5.41) is 18.7. The van der Waals surface area contributed by atoms with Crippen LogP contribution >= 0.6 is 11.6 Å². The Hall–Kier alpha value is -3.01. The summed E-state index contributed by atoms with van der Waals surface area (Å²) in [7, 11) is 1.97. The van der Waals surface area contributed by atoms with E-state index < -0.39 is 5.82 Å². The molecule has 0 bridgehead atoms. The summed E-state index contributed by atoms with van der Waals surface area (Å²) in [6.45, 7) is 5.76. The molecule has 8 nitrogen and oxygen atoms in total. The molecule has 1 aromatic carbocycles. The second kappa shape index (κ2) is 7.84. The molecule has 32 heavy (non-hydrogen) atoms. The van der Waals surface area contributed by atoms with Gasteiger partial charge in [0.05, 0.1) is 23.0 Å². The summed E-state index contributed by atoms with van der Waals surface area (Å²) in [5.41, 5.74) is 4.50. The number of aliphatic hydroxyl groups is 1. The number of anilines is 2. The van der Waals surface area contributed by atoms with Crippen molar-refractivity contribution in [1.82, 2.24) is 29.2 Å². The lowest BCUT2D eigenvalue weighted by atomic mass is 10.1. The lowest BCUT2D eigenvalue weighted by molar-refractivity contribution is -0.00297. The number of nitrogens with zero attached hydrogens (tertiary/aromatic N) is 6. The molecule has 5 rings (SSSR count). The van der Waals surface area contributed by atoms with Gasteiger partial charge in [0.25, 0.3) is 0 Å². The van der Waals surface area contributed by atoms with Gasteiger partial charge in [0.2, 0.25) is 5.95 Å². The van der Waals surface area contributed by atoms with Crippen molar-refractivity contribution < 1.29 is 9.50 Å². The molecule has 0 atom stereocenters. The van der Waals surface area contributed by atoms with Crippen LogP contribution in [0.1, 0.15) is 17.0 Å². The molecule has 10 heteroatoms. The Balaban J connectivity index is 1.42. The Bertz CT molecular complexity index is 1330. The van der Waals surface area contributed by atoms with Gasteiger partial charge in [0.15, 0.2) is 11.6 Å². The maximum Gasteiger partial charge on any atom is 0.229 e. The number of aryl methyl sites for hydroxylation is 2. The molecule has 4 heterocycles. The van der Waals surface area contributed by atoms with Gasteiger partial charge in [-0.1, -0.05) is 11.6 Å². The molecular weight excluding hydrogens is 433 g/mol. The number of β-amino-alcohol motifs (C(OH)–C–C–N with tert-alkyl or cyclic N) is 1. The number of fused-ring (bicyclic) bond motifs is 1. The number of rotatable bonds is 5. The Morgan fingerprint density at radius 1 is 1.28 bits per heavy atom. The van der Waals surface area contributed by atoms with E-state index >= 15 is 0 Å². The number of aliphatic hydroxyl groups excluding tert-OH is 1. The van der Waals surface area contributed by atoms with E-state index in [1.165, 1.54) is 4.68 Å². The van der Waals surface area contributed by atoms with Crippen LogP contribution in [0.3, 0.4) is 0 Å². The molecule has 1 saturated heterocycles. The van der Waals surface area contributed by atoms with Gasteiger partial charge in [-0.15, -0.1) is 0 Å². The third kappa shape index (κ3) is 3.62. The SMILES string of the molecule is Cc1nn(-c2nc(Nc3ccc4c(c3)c(Cl)c(C)n4C)ncc2F)cc1CN1CC(O)C1. The van der Waals surface area contributed by atoms with Gasteiger partial charge in [0.1, 0.15) is 0 Å². The van der Waals surface area contributed by atoms with Crippen molar-refractivity contribution in [2.24, 2.45) is 7.05 Å². The predicted octanol–water partition coefficient (Wildman–Crippen LogP) is 3.48. The van der Waals surface area contributed by atoms with Crippen molar-refractivity contribution in [3.8, 4) is 5.82 Å². The quantitative estimate of drug-likeness (QED) is 0.479. The van der Waals surface area contributed by atoms with E-state index in [-0.39, 0.29) is 17.9 Å². The van der Waals surface area contributed by atoms with Crippen molar-refractivity contribution >= 4 is 34.1 Å². The monoisotopic (exact) mass is 455 g/mol. The average Bonchev–Trinajstić information content (AvgIpc) is 3.21. The van der Waals surface area contributed by atoms with Crippen molar-refractivity contribution in [1.29, 1.82) is 0 Å². The summed E-state index contributed by atoms with van der Waals surface area (Å²) in [6, 6.07) is 5.80. The molecule has 4 aromatic rings. The van der Waals surface area contributed by atoms with Crippen LogP contribution in [0.15, 0.2) is 30.6 Å². The molecule has 0 aliphatic carbocycles. The number of hydrogen-bond acceptors (Lipinski definition) is 6. The zero-order chi connectivity index (χ0) is 22.6. The first-order valence-electron chi connectivity index (χ1n) is 10.3. The number of nitrogens with one attached hydrogen (secondary N) is 1. The first-order chi connectivity index (χ1) is 15.3. The fraction of sp³-hybridized carbons (Fsp3) is 0.318. The molecule has 0 unspecified atom stereocenters. The summed E-state index contributed by atoms with van der Waals surface area (Å²) in [6.07, 6.45) is 2.63. The minimum atomic E-state index is -0.568. The topological polar surface area (TPSA) is 84.0 Å². The van der Waals surface area contributed by atoms with Crippen molar-refractivity contribution in [3.05, 3.63) is 58.4 Å². The highest BCUT2D eigenvalue weighted by atomic mass is 35.5. The summed E-state index contributed by atoms with van der Waals surface area (Å²) < 4.78 is 18.0.